The molecule has 26 heavy (non-hydrogen) atoms. The molecule has 0 fully saturated rings. The molecule has 0 spiro atoms. The monoisotopic (exact) mass is 337 g/mol. The van der Waals surface area contributed by atoms with Crippen LogP contribution in [0.3, 0.4) is 0 Å². The summed E-state index contributed by atoms with van der Waals surface area (Å²) in [7, 11) is 0. The predicted octanol–water partition coefficient (Wildman–Crippen LogP) is 6.67. The first kappa shape index (κ1) is 15.6. The number of rotatable bonds is 2. The highest BCUT2D eigenvalue weighted by Crippen LogP contribution is 2.39. The zero-order chi connectivity index (χ0) is 17.7. The highest BCUT2D eigenvalue weighted by Gasteiger charge is 2.21. The summed E-state index contributed by atoms with van der Waals surface area (Å²) in [5.41, 5.74) is 7.95. The summed E-state index contributed by atoms with van der Waals surface area (Å²) in [6, 6.07) is 22.1. The molecule has 0 radical (unpaired) electrons. The SMILES string of the molecule is CC(C)c1ccc(-c2nc3ccc4ccccc4c3c3c2CCC3)cc1. The maximum Gasteiger partial charge on any atom is 0.0744 e. The molecule has 0 saturated carbocycles. The first-order valence-corrected chi connectivity index (χ1v) is 9.66. The fourth-order valence-corrected chi connectivity index (χ4v) is 4.40. The van der Waals surface area contributed by atoms with Crippen molar-refractivity contribution in [3.63, 3.8) is 0 Å². The Bertz CT molecular complexity index is 1120. The third-order valence-electron chi connectivity index (χ3n) is 5.80. The minimum atomic E-state index is 0.561. The van der Waals surface area contributed by atoms with Crippen LogP contribution in [0.4, 0.5) is 0 Å². The van der Waals surface area contributed by atoms with Crippen LogP contribution in [0.5, 0.6) is 0 Å². The smallest absolute Gasteiger partial charge is 0.0744 e. The van der Waals surface area contributed by atoms with Crippen LogP contribution in [0.15, 0.2) is 60.7 Å². The molecule has 1 heteroatoms. The quantitative estimate of drug-likeness (QED) is 0.372. The Morgan fingerprint density at radius 3 is 2.38 bits per heavy atom. The van der Waals surface area contributed by atoms with Gasteiger partial charge in [0.25, 0.3) is 0 Å². The number of fused-ring (bicyclic) bond motifs is 5. The summed E-state index contributed by atoms with van der Waals surface area (Å²) in [6.45, 7) is 4.48. The Kier molecular flexibility index (Phi) is 3.56. The van der Waals surface area contributed by atoms with E-state index in [9.17, 15) is 0 Å². The van der Waals surface area contributed by atoms with Crippen LogP contribution in [-0.2, 0) is 12.8 Å². The summed E-state index contributed by atoms with van der Waals surface area (Å²) in [6.07, 6.45) is 3.54. The van der Waals surface area contributed by atoms with Crippen molar-refractivity contribution in [3.05, 3.63) is 77.4 Å². The van der Waals surface area contributed by atoms with Gasteiger partial charge < -0.3 is 0 Å². The van der Waals surface area contributed by atoms with Crippen molar-refractivity contribution in [2.45, 2.75) is 39.0 Å². The second-order valence-electron chi connectivity index (χ2n) is 7.73. The maximum absolute atomic E-state index is 5.14. The van der Waals surface area contributed by atoms with E-state index in [2.05, 4.69) is 74.5 Å². The van der Waals surface area contributed by atoms with Crippen LogP contribution in [0.2, 0.25) is 0 Å². The molecule has 0 bridgehead atoms. The first-order valence-electron chi connectivity index (χ1n) is 9.66. The minimum Gasteiger partial charge on any atom is -0.247 e. The molecule has 1 aliphatic carbocycles. The highest BCUT2D eigenvalue weighted by molar-refractivity contribution is 6.09. The molecule has 0 amide bonds. The number of benzene rings is 3. The Labute approximate surface area is 154 Å². The Balaban J connectivity index is 1.78. The van der Waals surface area contributed by atoms with Gasteiger partial charge in [0.05, 0.1) is 11.2 Å². The summed E-state index contributed by atoms with van der Waals surface area (Å²) in [4.78, 5) is 5.14. The van der Waals surface area contributed by atoms with Gasteiger partial charge in [0.1, 0.15) is 0 Å². The molecule has 0 unspecified atom stereocenters. The number of hydrogen-bond acceptors (Lipinski definition) is 1. The van der Waals surface area contributed by atoms with Gasteiger partial charge in [-0.3, -0.25) is 0 Å². The average Bonchev–Trinajstić information content (AvgIpc) is 3.17. The van der Waals surface area contributed by atoms with Crippen molar-refractivity contribution in [2.24, 2.45) is 0 Å². The van der Waals surface area contributed by atoms with Gasteiger partial charge in [0, 0.05) is 10.9 Å². The molecule has 0 saturated heterocycles. The van der Waals surface area contributed by atoms with Crippen LogP contribution in [0.25, 0.3) is 32.9 Å². The van der Waals surface area contributed by atoms with E-state index in [1.165, 1.54) is 56.9 Å². The molecule has 128 valence electrons. The summed E-state index contributed by atoms with van der Waals surface area (Å²) in [5, 5.41) is 4.03. The van der Waals surface area contributed by atoms with E-state index in [-0.39, 0.29) is 0 Å². The lowest BCUT2D eigenvalue weighted by molar-refractivity contribution is 0.867. The molecule has 1 aromatic heterocycles. The van der Waals surface area contributed by atoms with Gasteiger partial charge in [-0.25, -0.2) is 4.98 Å². The molecule has 1 aliphatic rings. The zero-order valence-corrected chi connectivity index (χ0v) is 15.4. The lowest BCUT2D eigenvalue weighted by Crippen LogP contribution is -1.97. The molecule has 1 heterocycles. The van der Waals surface area contributed by atoms with Gasteiger partial charge in [-0.05, 0) is 58.7 Å². The van der Waals surface area contributed by atoms with Gasteiger partial charge in [0.15, 0.2) is 0 Å². The minimum absolute atomic E-state index is 0.561. The number of hydrogen-bond donors (Lipinski definition) is 0. The molecule has 0 aliphatic heterocycles. The van der Waals surface area contributed by atoms with Crippen LogP contribution >= 0.6 is 0 Å². The van der Waals surface area contributed by atoms with E-state index >= 15 is 0 Å². The Morgan fingerprint density at radius 1 is 0.808 bits per heavy atom. The van der Waals surface area contributed by atoms with Crippen LogP contribution in [-0.4, -0.2) is 4.98 Å². The van der Waals surface area contributed by atoms with Crippen molar-refractivity contribution in [1.82, 2.24) is 4.98 Å². The third kappa shape index (κ3) is 2.34. The molecular weight excluding hydrogens is 314 g/mol. The summed E-state index contributed by atoms with van der Waals surface area (Å²) >= 11 is 0. The number of aromatic nitrogens is 1. The fraction of sp³-hybridized carbons (Fsp3) is 0.240. The lowest BCUT2D eigenvalue weighted by atomic mass is 9.94. The van der Waals surface area contributed by atoms with Crippen molar-refractivity contribution < 1.29 is 0 Å². The molecule has 0 atom stereocenters. The fourth-order valence-electron chi connectivity index (χ4n) is 4.40. The largest absolute Gasteiger partial charge is 0.247 e. The van der Waals surface area contributed by atoms with Gasteiger partial charge in [0.2, 0.25) is 0 Å². The van der Waals surface area contributed by atoms with E-state index in [4.69, 9.17) is 4.98 Å². The molecule has 4 aromatic rings. The molecule has 3 aromatic carbocycles. The van der Waals surface area contributed by atoms with Crippen molar-refractivity contribution in [3.8, 4) is 11.3 Å². The molecular formula is C25H23N. The second-order valence-corrected chi connectivity index (χ2v) is 7.73. The van der Waals surface area contributed by atoms with E-state index in [0.29, 0.717) is 5.92 Å². The van der Waals surface area contributed by atoms with Crippen molar-refractivity contribution in [2.75, 3.05) is 0 Å². The van der Waals surface area contributed by atoms with Crippen molar-refractivity contribution in [1.29, 1.82) is 0 Å². The zero-order valence-electron chi connectivity index (χ0n) is 15.4. The van der Waals surface area contributed by atoms with Gasteiger partial charge in [-0.2, -0.15) is 0 Å². The Hall–Kier alpha value is -2.67. The van der Waals surface area contributed by atoms with E-state index in [0.717, 1.165) is 11.9 Å². The van der Waals surface area contributed by atoms with E-state index in [1.807, 2.05) is 0 Å². The predicted molar refractivity (Wildman–Crippen MR) is 111 cm³/mol. The number of aryl methyl sites for hydroxylation is 1. The third-order valence-corrected chi connectivity index (χ3v) is 5.80. The maximum atomic E-state index is 5.14. The van der Waals surface area contributed by atoms with Gasteiger partial charge in [-0.1, -0.05) is 68.4 Å². The van der Waals surface area contributed by atoms with Crippen LogP contribution < -0.4 is 0 Å². The number of nitrogens with zero attached hydrogens (tertiary/aromatic N) is 1. The summed E-state index contributed by atoms with van der Waals surface area (Å²) in [5.74, 6) is 0.561. The molecule has 0 N–H and O–H groups in total. The lowest BCUT2D eigenvalue weighted by Gasteiger charge is -2.14. The van der Waals surface area contributed by atoms with E-state index in [1.54, 1.807) is 0 Å². The Morgan fingerprint density at radius 2 is 1.58 bits per heavy atom. The highest BCUT2D eigenvalue weighted by atomic mass is 14.7. The normalized spacial score (nSPS) is 13.7. The van der Waals surface area contributed by atoms with Crippen LogP contribution in [0.1, 0.15) is 42.9 Å². The topological polar surface area (TPSA) is 12.9 Å². The van der Waals surface area contributed by atoms with Gasteiger partial charge >= 0.3 is 0 Å². The number of pyridine rings is 1. The van der Waals surface area contributed by atoms with Crippen LogP contribution in [0, 0.1) is 0 Å². The molecule has 1 nitrogen and oxygen atoms in total. The first-order chi connectivity index (χ1) is 12.7. The average molecular weight is 337 g/mol. The molecule has 5 rings (SSSR count). The summed E-state index contributed by atoms with van der Waals surface area (Å²) < 4.78 is 0. The van der Waals surface area contributed by atoms with Gasteiger partial charge in [-0.15, -0.1) is 0 Å². The van der Waals surface area contributed by atoms with Crippen molar-refractivity contribution >= 4 is 21.7 Å². The standard InChI is InChI=1S/C25H23N/c1-16(2)17-10-12-19(13-11-17)25-22-9-5-8-21(22)24-20-7-4-3-6-18(20)14-15-23(24)26-25/h3-4,6-7,10-16H,5,8-9H2,1-2H3. The van der Waals surface area contributed by atoms with E-state index < -0.39 is 0 Å². The second kappa shape index (κ2) is 5.95.